The fourth-order valence-corrected chi connectivity index (χ4v) is 2.78. The maximum absolute atomic E-state index is 12.0. The standard InChI is InChI=1S/C13H18O4S/c1-4-11(3)18(15,16)13-7-5-12(6-8-13)17-9-10(2)14/h5-8,11H,4,9H2,1-3H3. The molecule has 0 N–H and O–H groups in total. The molecule has 0 aliphatic rings. The number of ether oxygens (including phenoxy) is 1. The summed E-state index contributed by atoms with van der Waals surface area (Å²) in [6.45, 7) is 4.96. The lowest BCUT2D eigenvalue weighted by Gasteiger charge is -2.11. The summed E-state index contributed by atoms with van der Waals surface area (Å²) >= 11 is 0. The Hall–Kier alpha value is -1.36. The number of hydrogen-bond acceptors (Lipinski definition) is 4. The van der Waals surface area contributed by atoms with Crippen molar-refractivity contribution in [3.05, 3.63) is 24.3 Å². The van der Waals surface area contributed by atoms with Gasteiger partial charge in [0, 0.05) is 0 Å². The third kappa shape index (κ3) is 3.57. The highest BCUT2D eigenvalue weighted by Crippen LogP contribution is 2.21. The fraction of sp³-hybridized carbons (Fsp3) is 0.462. The quantitative estimate of drug-likeness (QED) is 0.795. The van der Waals surface area contributed by atoms with Crippen LogP contribution in [-0.2, 0) is 14.6 Å². The molecule has 0 amide bonds. The molecular weight excluding hydrogens is 252 g/mol. The summed E-state index contributed by atoms with van der Waals surface area (Å²) in [7, 11) is -3.26. The maximum Gasteiger partial charge on any atom is 0.180 e. The highest BCUT2D eigenvalue weighted by atomic mass is 32.2. The summed E-state index contributed by atoms with van der Waals surface area (Å²) in [6, 6.07) is 6.16. The van der Waals surface area contributed by atoms with Crippen LogP contribution in [0, 0.1) is 0 Å². The zero-order valence-electron chi connectivity index (χ0n) is 10.8. The molecule has 0 radical (unpaired) electrons. The summed E-state index contributed by atoms with van der Waals surface area (Å²) in [6.07, 6.45) is 0.574. The van der Waals surface area contributed by atoms with Crippen molar-refractivity contribution < 1.29 is 17.9 Å². The number of hydrogen-bond donors (Lipinski definition) is 0. The van der Waals surface area contributed by atoms with Crippen LogP contribution < -0.4 is 4.74 Å². The molecule has 0 bridgehead atoms. The zero-order chi connectivity index (χ0) is 13.8. The van der Waals surface area contributed by atoms with E-state index in [4.69, 9.17) is 4.74 Å². The monoisotopic (exact) mass is 270 g/mol. The van der Waals surface area contributed by atoms with Crippen LogP contribution in [0.3, 0.4) is 0 Å². The highest BCUT2D eigenvalue weighted by Gasteiger charge is 2.21. The van der Waals surface area contributed by atoms with Crippen molar-refractivity contribution in [1.29, 1.82) is 0 Å². The first-order valence-electron chi connectivity index (χ1n) is 5.84. The van der Waals surface area contributed by atoms with E-state index in [1.807, 2.05) is 6.92 Å². The predicted octanol–water partition coefficient (Wildman–Crippen LogP) is 2.23. The Morgan fingerprint density at radius 2 is 1.83 bits per heavy atom. The molecule has 4 nitrogen and oxygen atoms in total. The van der Waals surface area contributed by atoms with Gasteiger partial charge in [0.15, 0.2) is 15.6 Å². The van der Waals surface area contributed by atoms with Crippen LogP contribution in [0.15, 0.2) is 29.2 Å². The van der Waals surface area contributed by atoms with Crippen LogP contribution >= 0.6 is 0 Å². The van der Waals surface area contributed by atoms with Gasteiger partial charge >= 0.3 is 0 Å². The molecule has 0 saturated carbocycles. The van der Waals surface area contributed by atoms with Crippen LogP contribution in [-0.4, -0.2) is 26.1 Å². The lowest BCUT2D eigenvalue weighted by molar-refractivity contribution is -0.118. The van der Waals surface area contributed by atoms with Crippen LogP contribution in [0.4, 0.5) is 0 Å². The molecule has 0 heterocycles. The molecule has 18 heavy (non-hydrogen) atoms. The average molecular weight is 270 g/mol. The Morgan fingerprint density at radius 3 is 2.28 bits per heavy atom. The molecular formula is C13H18O4S. The minimum absolute atomic E-state index is 0.00252. The molecule has 1 unspecified atom stereocenters. The summed E-state index contributed by atoms with van der Waals surface area (Å²) in [5.41, 5.74) is 0. The molecule has 5 heteroatoms. The second kappa shape index (κ2) is 6.00. The highest BCUT2D eigenvalue weighted by molar-refractivity contribution is 7.92. The van der Waals surface area contributed by atoms with E-state index in [1.165, 1.54) is 19.1 Å². The van der Waals surface area contributed by atoms with Crippen molar-refractivity contribution in [2.45, 2.75) is 37.3 Å². The molecule has 1 aromatic rings. The lowest BCUT2D eigenvalue weighted by atomic mass is 10.3. The van der Waals surface area contributed by atoms with Gasteiger partial charge in [-0.25, -0.2) is 8.42 Å². The van der Waals surface area contributed by atoms with Crippen molar-refractivity contribution in [1.82, 2.24) is 0 Å². The van der Waals surface area contributed by atoms with E-state index in [2.05, 4.69) is 0 Å². The summed E-state index contributed by atoms with van der Waals surface area (Å²) in [5, 5.41) is -0.401. The zero-order valence-corrected chi connectivity index (χ0v) is 11.7. The number of Topliss-reactive ketones (excluding diaryl/α,β-unsaturated/α-hetero) is 1. The maximum atomic E-state index is 12.0. The van der Waals surface area contributed by atoms with Crippen molar-refractivity contribution in [2.75, 3.05) is 6.61 Å². The Labute approximate surface area is 108 Å². The molecule has 0 spiro atoms. The van der Waals surface area contributed by atoms with Crippen LogP contribution in [0.25, 0.3) is 0 Å². The summed E-state index contributed by atoms with van der Waals surface area (Å²) in [5.74, 6) is 0.416. The van der Waals surface area contributed by atoms with E-state index in [9.17, 15) is 13.2 Å². The van der Waals surface area contributed by atoms with Crippen LogP contribution in [0.5, 0.6) is 5.75 Å². The number of ketones is 1. The molecule has 1 atom stereocenters. The van der Waals surface area contributed by atoms with E-state index in [-0.39, 0.29) is 17.3 Å². The van der Waals surface area contributed by atoms with Gasteiger partial charge in [0.25, 0.3) is 0 Å². The molecule has 0 aromatic heterocycles. The van der Waals surface area contributed by atoms with Gasteiger partial charge in [-0.3, -0.25) is 4.79 Å². The number of rotatable bonds is 6. The first-order valence-corrected chi connectivity index (χ1v) is 7.38. The van der Waals surface area contributed by atoms with Crippen molar-refractivity contribution in [3.63, 3.8) is 0 Å². The molecule has 100 valence electrons. The molecule has 1 rings (SSSR count). The van der Waals surface area contributed by atoms with E-state index < -0.39 is 15.1 Å². The van der Waals surface area contributed by atoms with Gasteiger partial charge in [-0.1, -0.05) is 6.92 Å². The van der Waals surface area contributed by atoms with Gasteiger partial charge in [0.1, 0.15) is 12.4 Å². The van der Waals surface area contributed by atoms with Crippen LogP contribution in [0.2, 0.25) is 0 Å². The van der Waals surface area contributed by atoms with Crippen LogP contribution in [0.1, 0.15) is 27.2 Å². The Bertz CT molecular complexity index is 502. The normalized spacial score (nSPS) is 13.1. The van der Waals surface area contributed by atoms with E-state index in [0.717, 1.165) is 0 Å². The molecule has 0 aliphatic heterocycles. The molecule has 1 aromatic carbocycles. The van der Waals surface area contributed by atoms with E-state index in [1.54, 1.807) is 19.1 Å². The number of sulfone groups is 1. The molecule has 0 aliphatic carbocycles. The second-order valence-corrected chi connectivity index (χ2v) is 6.59. The first-order chi connectivity index (χ1) is 8.37. The number of benzene rings is 1. The minimum atomic E-state index is -3.26. The summed E-state index contributed by atoms with van der Waals surface area (Å²) < 4.78 is 29.3. The van der Waals surface area contributed by atoms with Gasteiger partial charge in [0.05, 0.1) is 10.1 Å². The number of carbonyl (C=O) groups is 1. The smallest absolute Gasteiger partial charge is 0.180 e. The Balaban J connectivity index is 2.86. The van der Waals surface area contributed by atoms with E-state index in [0.29, 0.717) is 12.2 Å². The lowest BCUT2D eigenvalue weighted by Crippen LogP contribution is -2.16. The predicted molar refractivity (Wildman–Crippen MR) is 69.6 cm³/mol. The van der Waals surface area contributed by atoms with Gasteiger partial charge in [0.2, 0.25) is 0 Å². The molecule has 0 fully saturated rings. The molecule has 0 saturated heterocycles. The van der Waals surface area contributed by atoms with Gasteiger partial charge in [-0.15, -0.1) is 0 Å². The SMILES string of the molecule is CCC(C)S(=O)(=O)c1ccc(OCC(C)=O)cc1. The van der Waals surface area contributed by atoms with Gasteiger partial charge in [-0.05, 0) is 44.5 Å². The summed E-state index contributed by atoms with van der Waals surface area (Å²) in [4.78, 5) is 11.0. The number of carbonyl (C=O) groups excluding carboxylic acids is 1. The third-order valence-electron chi connectivity index (χ3n) is 2.70. The van der Waals surface area contributed by atoms with Gasteiger partial charge in [-0.2, -0.15) is 0 Å². The second-order valence-electron chi connectivity index (χ2n) is 4.23. The largest absolute Gasteiger partial charge is 0.486 e. The Kier molecular flexibility index (Phi) is 4.90. The average Bonchev–Trinajstić information content (AvgIpc) is 2.35. The Morgan fingerprint density at radius 1 is 1.28 bits per heavy atom. The topological polar surface area (TPSA) is 60.4 Å². The minimum Gasteiger partial charge on any atom is -0.486 e. The third-order valence-corrected chi connectivity index (χ3v) is 5.02. The fourth-order valence-electron chi connectivity index (χ4n) is 1.36. The van der Waals surface area contributed by atoms with Crippen molar-refractivity contribution >= 4 is 15.6 Å². The van der Waals surface area contributed by atoms with E-state index >= 15 is 0 Å². The first kappa shape index (κ1) is 14.7. The van der Waals surface area contributed by atoms with Crippen molar-refractivity contribution in [3.8, 4) is 5.75 Å². The van der Waals surface area contributed by atoms with Crippen molar-refractivity contribution in [2.24, 2.45) is 0 Å². The van der Waals surface area contributed by atoms with Gasteiger partial charge < -0.3 is 4.74 Å².